The molecule has 3 rings (SSSR count). The van der Waals surface area contributed by atoms with Crippen molar-refractivity contribution in [1.82, 2.24) is 9.80 Å². The van der Waals surface area contributed by atoms with E-state index in [-0.39, 0.29) is 30.7 Å². The molecule has 162 valence electrons. The Balaban J connectivity index is 1.70. The first-order valence-electron chi connectivity index (χ1n) is 10.1. The number of likely N-dealkylation sites (N-methyl/N-ethyl adjacent to an activating group) is 1. The predicted octanol–water partition coefficient (Wildman–Crippen LogP) is 4.80. The Labute approximate surface area is 189 Å². The standard InChI is InChI=1S/C23H26F3IN2O/c1-2-28-8-10-29(11-9-28)16-19-7-6-18(15-22(19)23(24,25)26)14-21(30)13-17-4-3-5-20(27)12-17/h3-7,12,15H,2,8-11,13-14,16H2,1H3. The van der Waals surface area contributed by atoms with Crippen molar-refractivity contribution in [3.63, 3.8) is 0 Å². The van der Waals surface area contributed by atoms with E-state index in [0.29, 0.717) is 5.56 Å². The van der Waals surface area contributed by atoms with Crippen LogP contribution < -0.4 is 0 Å². The van der Waals surface area contributed by atoms with Gasteiger partial charge in [-0.2, -0.15) is 13.2 Å². The maximum Gasteiger partial charge on any atom is 0.416 e. The van der Waals surface area contributed by atoms with Crippen LogP contribution in [0.15, 0.2) is 42.5 Å². The van der Waals surface area contributed by atoms with Crippen LogP contribution in [0.3, 0.4) is 0 Å². The molecular weight excluding hydrogens is 504 g/mol. The van der Waals surface area contributed by atoms with Crippen molar-refractivity contribution in [1.29, 1.82) is 0 Å². The Morgan fingerprint density at radius 3 is 2.20 bits per heavy atom. The smallest absolute Gasteiger partial charge is 0.301 e. The van der Waals surface area contributed by atoms with Crippen molar-refractivity contribution < 1.29 is 18.0 Å². The first-order chi connectivity index (χ1) is 14.2. The molecular formula is C23H26F3IN2O. The van der Waals surface area contributed by atoms with E-state index in [4.69, 9.17) is 0 Å². The van der Waals surface area contributed by atoms with Gasteiger partial charge in [0.05, 0.1) is 5.56 Å². The lowest BCUT2D eigenvalue weighted by atomic mass is 9.97. The molecule has 1 aliphatic rings. The highest BCUT2D eigenvalue weighted by Crippen LogP contribution is 2.33. The number of hydrogen-bond donors (Lipinski definition) is 0. The Hall–Kier alpha value is -1.45. The molecule has 0 atom stereocenters. The fourth-order valence-electron chi connectivity index (χ4n) is 3.80. The van der Waals surface area contributed by atoms with E-state index in [0.717, 1.165) is 47.9 Å². The van der Waals surface area contributed by atoms with Crippen LogP contribution >= 0.6 is 22.6 Å². The van der Waals surface area contributed by atoms with Crippen LogP contribution in [0.25, 0.3) is 0 Å². The number of carbonyl (C=O) groups excluding carboxylic acids is 1. The van der Waals surface area contributed by atoms with E-state index < -0.39 is 11.7 Å². The molecule has 0 bridgehead atoms. The number of halogens is 4. The summed E-state index contributed by atoms with van der Waals surface area (Å²) < 4.78 is 42.2. The van der Waals surface area contributed by atoms with Crippen LogP contribution in [0.1, 0.15) is 29.2 Å². The second-order valence-electron chi connectivity index (χ2n) is 7.72. The van der Waals surface area contributed by atoms with Gasteiger partial charge < -0.3 is 4.90 Å². The van der Waals surface area contributed by atoms with Crippen LogP contribution in [0.4, 0.5) is 13.2 Å². The fraction of sp³-hybridized carbons (Fsp3) is 0.435. The first kappa shape index (κ1) is 23.2. The number of benzene rings is 2. The lowest BCUT2D eigenvalue weighted by Crippen LogP contribution is -2.45. The molecule has 1 saturated heterocycles. The zero-order chi connectivity index (χ0) is 21.7. The molecule has 0 amide bonds. The van der Waals surface area contributed by atoms with Crippen molar-refractivity contribution in [2.45, 2.75) is 32.5 Å². The van der Waals surface area contributed by atoms with Gasteiger partial charge in [-0.1, -0.05) is 31.2 Å². The summed E-state index contributed by atoms with van der Waals surface area (Å²) in [5.74, 6) is -0.0893. The first-order valence-corrected chi connectivity index (χ1v) is 11.2. The molecule has 7 heteroatoms. The zero-order valence-electron chi connectivity index (χ0n) is 17.0. The minimum atomic E-state index is -4.44. The second-order valence-corrected chi connectivity index (χ2v) is 8.97. The summed E-state index contributed by atoms with van der Waals surface area (Å²) in [4.78, 5) is 16.8. The molecule has 0 N–H and O–H groups in total. The third-order valence-corrected chi connectivity index (χ3v) is 6.15. The zero-order valence-corrected chi connectivity index (χ0v) is 19.2. The van der Waals surface area contributed by atoms with Crippen LogP contribution in [-0.2, 0) is 30.4 Å². The third-order valence-electron chi connectivity index (χ3n) is 5.48. The van der Waals surface area contributed by atoms with Gasteiger partial charge in [-0.3, -0.25) is 9.69 Å². The van der Waals surface area contributed by atoms with Crippen molar-refractivity contribution in [2.75, 3.05) is 32.7 Å². The molecule has 1 aliphatic heterocycles. The number of carbonyl (C=O) groups is 1. The maximum absolute atomic E-state index is 13.7. The summed E-state index contributed by atoms with van der Waals surface area (Å²) in [6, 6.07) is 12.0. The van der Waals surface area contributed by atoms with Gasteiger partial charge in [0, 0.05) is 49.1 Å². The van der Waals surface area contributed by atoms with E-state index in [9.17, 15) is 18.0 Å². The third kappa shape index (κ3) is 6.52. The van der Waals surface area contributed by atoms with Crippen LogP contribution in [0, 0.1) is 3.57 Å². The average Bonchev–Trinajstić information content (AvgIpc) is 2.69. The highest BCUT2D eigenvalue weighted by atomic mass is 127. The molecule has 1 fully saturated rings. The normalized spacial score (nSPS) is 16.0. The summed E-state index contributed by atoms with van der Waals surface area (Å²) in [5.41, 5.74) is 0.949. The molecule has 0 aliphatic carbocycles. The van der Waals surface area contributed by atoms with Crippen molar-refractivity contribution in [3.8, 4) is 0 Å². The Morgan fingerprint density at radius 2 is 1.60 bits per heavy atom. The maximum atomic E-state index is 13.7. The lowest BCUT2D eigenvalue weighted by molar-refractivity contribution is -0.138. The van der Waals surface area contributed by atoms with E-state index >= 15 is 0 Å². The minimum Gasteiger partial charge on any atom is -0.301 e. The monoisotopic (exact) mass is 530 g/mol. The highest BCUT2D eigenvalue weighted by Gasteiger charge is 2.34. The topological polar surface area (TPSA) is 23.6 Å². The average molecular weight is 530 g/mol. The molecule has 1 heterocycles. The number of alkyl halides is 3. The van der Waals surface area contributed by atoms with E-state index in [1.165, 1.54) is 0 Å². The number of piperazine rings is 1. The fourth-order valence-corrected chi connectivity index (χ4v) is 4.41. The van der Waals surface area contributed by atoms with Gasteiger partial charge in [0.1, 0.15) is 5.78 Å². The second kappa shape index (κ2) is 10.2. The number of ketones is 1. The quantitative estimate of drug-likeness (QED) is 0.481. The Morgan fingerprint density at radius 1 is 0.967 bits per heavy atom. The van der Waals surface area contributed by atoms with Gasteiger partial charge in [0.25, 0.3) is 0 Å². The van der Waals surface area contributed by atoms with E-state index in [1.807, 2.05) is 24.3 Å². The van der Waals surface area contributed by atoms with Crippen LogP contribution in [0.5, 0.6) is 0 Å². The largest absolute Gasteiger partial charge is 0.416 e. The lowest BCUT2D eigenvalue weighted by Gasteiger charge is -2.34. The molecule has 0 radical (unpaired) electrons. The summed E-state index contributed by atoms with van der Waals surface area (Å²) in [6.07, 6.45) is -4.21. The summed E-state index contributed by atoms with van der Waals surface area (Å²) >= 11 is 2.18. The minimum absolute atomic E-state index is 0.00398. The van der Waals surface area contributed by atoms with Crippen molar-refractivity contribution >= 4 is 28.4 Å². The molecule has 0 aromatic heterocycles. The number of hydrogen-bond acceptors (Lipinski definition) is 3. The molecule has 2 aromatic carbocycles. The Kier molecular flexibility index (Phi) is 7.92. The number of rotatable bonds is 7. The molecule has 3 nitrogen and oxygen atoms in total. The predicted molar refractivity (Wildman–Crippen MR) is 120 cm³/mol. The highest BCUT2D eigenvalue weighted by molar-refractivity contribution is 14.1. The molecule has 30 heavy (non-hydrogen) atoms. The molecule has 0 spiro atoms. The van der Waals surface area contributed by atoms with Gasteiger partial charge in [0.2, 0.25) is 0 Å². The molecule has 0 saturated carbocycles. The van der Waals surface area contributed by atoms with Crippen LogP contribution in [0.2, 0.25) is 0 Å². The number of Topliss-reactive ketones (excluding diaryl/α,β-unsaturated/α-hetero) is 1. The summed E-state index contributed by atoms with van der Waals surface area (Å²) in [5, 5.41) is 0. The van der Waals surface area contributed by atoms with Gasteiger partial charge in [-0.15, -0.1) is 0 Å². The molecule has 0 unspecified atom stereocenters. The van der Waals surface area contributed by atoms with Crippen molar-refractivity contribution in [2.24, 2.45) is 0 Å². The van der Waals surface area contributed by atoms with Crippen molar-refractivity contribution in [3.05, 3.63) is 68.3 Å². The van der Waals surface area contributed by atoms with E-state index in [2.05, 4.69) is 39.3 Å². The summed E-state index contributed by atoms with van der Waals surface area (Å²) in [6.45, 7) is 6.62. The Bertz CT molecular complexity index is 877. The van der Waals surface area contributed by atoms with E-state index in [1.54, 1.807) is 12.1 Å². The number of nitrogens with zero attached hydrogens (tertiary/aromatic N) is 2. The van der Waals surface area contributed by atoms with Gasteiger partial charge in [-0.05, 0) is 64.0 Å². The molecule has 2 aromatic rings. The van der Waals surface area contributed by atoms with Gasteiger partial charge in [-0.25, -0.2) is 0 Å². The van der Waals surface area contributed by atoms with Gasteiger partial charge in [0.15, 0.2) is 0 Å². The van der Waals surface area contributed by atoms with Crippen LogP contribution in [-0.4, -0.2) is 48.3 Å². The van der Waals surface area contributed by atoms with Gasteiger partial charge >= 0.3 is 6.18 Å². The SMILES string of the molecule is CCN1CCN(Cc2ccc(CC(=O)Cc3cccc(I)c3)cc2C(F)(F)F)CC1. The summed E-state index contributed by atoms with van der Waals surface area (Å²) in [7, 11) is 0.